The smallest absolute Gasteiger partial charge is 0.316 e. The first-order chi connectivity index (χ1) is 6.11. The Morgan fingerprint density at radius 3 is 2.62 bits per heavy atom. The molecular formula is C10H18ClNO. The number of likely N-dealkylation sites (tertiary alicyclic amines) is 1. The molecular weight excluding hydrogens is 186 g/mol. The van der Waals surface area contributed by atoms with Crippen molar-refractivity contribution in [2.24, 2.45) is 11.8 Å². The van der Waals surface area contributed by atoms with Crippen molar-refractivity contribution in [1.29, 1.82) is 0 Å². The van der Waals surface area contributed by atoms with Crippen molar-refractivity contribution in [3.63, 3.8) is 0 Å². The maximum Gasteiger partial charge on any atom is 0.316 e. The molecule has 1 atom stereocenters. The van der Waals surface area contributed by atoms with Gasteiger partial charge in [-0.3, -0.25) is 4.79 Å². The largest absolute Gasteiger partial charge is 0.329 e. The van der Waals surface area contributed by atoms with Crippen molar-refractivity contribution in [2.45, 2.75) is 33.1 Å². The minimum absolute atomic E-state index is 0.288. The fourth-order valence-corrected chi connectivity index (χ4v) is 2.13. The lowest BCUT2D eigenvalue weighted by Gasteiger charge is -2.19. The Balaban J connectivity index is 2.44. The average molecular weight is 204 g/mol. The van der Waals surface area contributed by atoms with E-state index in [1.54, 1.807) is 4.90 Å². The number of amides is 1. The highest BCUT2D eigenvalue weighted by Crippen LogP contribution is 2.24. The van der Waals surface area contributed by atoms with Crippen LogP contribution in [0, 0.1) is 11.8 Å². The highest BCUT2D eigenvalue weighted by atomic mass is 35.5. The molecule has 76 valence electrons. The fourth-order valence-electron chi connectivity index (χ4n) is 1.96. The van der Waals surface area contributed by atoms with Crippen molar-refractivity contribution in [3.8, 4) is 0 Å². The van der Waals surface area contributed by atoms with Gasteiger partial charge < -0.3 is 4.90 Å². The maximum absolute atomic E-state index is 10.9. The molecule has 0 saturated carbocycles. The van der Waals surface area contributed by atoms with Crippen molar-refractivity contribution >= 4 is 17.0 Å². The minimum atomic E-state index is -0.288. The summed E-state index contributed by atoms with van der Waals surface area (Å²) in [6.07, 6.45) is 3.44. The first-order valence-electron chi connectivity index (χ1n) is 5.05. The van der Waals surface area contributed by atoms with Crippen LogP contribution in [0.25, 0.3) is 0 Å². The molecule has 13 heavy (non-hydrogen) atoms. The monoisotopic (exact) mass is 203 g/mol. The summed E-state index contributed by atoms with van der Waals surface area (Å²) in [4.78, 5) is 12.7. The molecule has 0 aromatic rings. The standard InChI is InChI=1S/C10H18ClNO/c1-8(2)9-4-3-6-12(7-5-9)10(11)13/h8-9H,3-7H2,1-2H3. The van der Waals surface area contributed by atoms with Gasteiger partial charge in [0.25, 0.3) is 0 Å². The first-order valence-corrected chi connectivity index (χ1v) is 5.43. The van der Waals surface area contributed by atoms with E-state index < -0.39 is 0 Å². The molecule has 2 nitrogen and oxygen atoms in total. The van der Waals surface area contributed by atoms with Gasteiger partial charge in [0.2, 0.25) is 0 Å². The van der Waals surface area contributed by atoms with Crippen LogP contribution in [0.15, 0.2) is 0 Å². The summed E-state index contributed by atoms with van der Waals surface area (Å²) < 4.78 is 0. The highest BCUT2D eigenvalue weighted by Gasteiger charge is 2.20. The van der Waals surface area contributed by atoms with E-state index in [0.717, 1.165) is 37.8 Å². The van der Waals surface area contributed by atoms with Crippen LogP contribution in [-0.4, -0.2) is 23.4 Å². The van der Waals surface area contributed by atoms with E-state index in [2.05, 4.69) is 13.8 Å². The van der Waals surface area contributed by atoms with Gasteiger partial charge in [0.1, 0.15) is 0 Å². The predicted molar refractivity (Wildman–Crippen MR) is 55.0 cm³/mol. The molecule has 1 saturated heterocycles. The molecule has 1 unspecified atom stereocenters. The van der Waals surface area contributed by atoms with Crippen LogP contribution in [0.2, 0.25) is 0 Å². The quantitative estimate of drug-likeness (QED) is 0.474. The number of rotatable bonds is 1. The molecule has 0 radical (unpaired) electrons. The van der Waals surface area contributed by atoms with Crippen LogP contribution >= 0.6 is 11.6 Å². The van der Waals surface area contributed by atoms with E-state index in [1.807, 2.05) is 0 Å². The van der Waals surface area contributed by atoms with Crippen LogP contribution < -0.4 is 0 Å². The molecule has 0 bridgehead atoms. The van der Waals surface area contributed by atoms with Crippen LogP contribution in [0.1, 0.15) is 33.1 Å². The summed E-state index contributed by atoms with van der Waals surface area (Å²) in [5.41, 5.74) is 0. The Hall–Kier alpha value is -0.240. The number of carbonyl (C=O) groups is 1. The van der Waals surface area contributed by atoms with Crippen LogP contribution in [0.5, 0.6) is 0 Å². The van der Waals surface area contributed by atoms with Crippen molar-refractivity contribution in [3.05, 3.63) is 0 Å². The number of hydrogen-bond acceptors (Lipinski definition) is 1. The average Bonchev–Trinajstić information content (AvgIpc) is 2.27. The summed E-state index contributed by atoms with van der Waals surface area (Å²) >= 11 is 5.44. The minimum Gasteiger partial charge on any atom is -0.329 e. The summed E-state index contributed by atoms with van der Waals surface area (Å²) in [5.74, 6) is 1.49. The van der Waals surface area contributed by atoms with E-state index in [4.69, 9.17) is 11.6 Å². The molecule has 0 aromatic heterocycles. The fraction of sp³-hybridized carbons (Fsp3) is 0.900. The van der Waals surface area contributed by atoms with Crippen molar-refractivity contribution < 1.29 is 4.79 Å². The summed E-state index contributed by atoms with van der Waals surface area (Å²) in [6.45, 7) is 6.18. The zero-order valence-electron chi connectivity index (χ0n) is 8.42. The van der Waals surface area contributed by atoms with Crippen LogP contribution in [0.4, 0.5) is 4.79 Å². The molecule has 1 aliphatic heterocycles. The maximum atomic E-state index is 10.9. The lowest BCUT2D eigenvalue weighted by atomic mass is 9.89. The number of hydrogen-bond donors (Lipinski definition) is 0. The number of halogens is 1. The number of nitrogens with zero attached hydrogens (tertiary/aromatic N) is 1. The molecule has 3 heteroatoms. The first kappa shape index (κ1) is 10.8. The molecule has 0 spiro atoms. The van der Waals surface area contributed by atoms with Gasteiger partial charge in [-0.2, -0.15) is 0 Å². The summed E-state index contributed by atoms with van der Waals surface area (Å²) in [5, 5.41) is -0.288. The lowest BCUT2D eigenvalue weighted by Crippen LogP contribution is -2.27. The zero-order chi connectivity index (χ0) is 9.84. The second kappa shape index (κ2) is 4.85. The normalized spacial score (nSPS) is 24.6. The molecule has 1 heterocycles. The van der Waals surface area contributed by atoms with Gasteiger partial charge in [-0.05, 0) is 42.7 Å². The van der Waals surface area contributed by atoms with Gasteiger partial charge in [-0.15, -0.1) is 0 Å². The van der Waals surface area contributed by atoms with Crippen LogP contribution in [0.3, 0.4) is 0 Å². The van der Waals surface area contributed by atoms with Gasteiger partial charge in [0.05, 0.1) is 0 Å². The Morgan fingerprint density at radius 1 is 1.38 bits per heavy atom. The molecule has 1 aliphatic rings. The van der Waals surface area contributed by atoms with Crippen molar-refractivity contribution in [1.82, 2.24) is 4.90 Å². The zero-order valence-corrected chi connectivity index (χ0v) is 9.18. The van der Waals surface area contributed by atoms with Gasteiger partial charge in [0.15, 0.2) is 0 Å². The Morgan fingerprint density at radius 2 is 2.08 bits per heavy atom. The molecule has 0 aromatic carbocycles. The van der Waals surface area contributed by atoms with E-state index in [-0.39, 0.29) is 5.37 Å². The molecule has 1 fully saturated rings. The lowest BCUT2D eigenvalue weighted by molar-refractivity contribution is 0.222. The highest BCUT2D eigenvalue weighted by molar-refractivity contribution is 6.62. The van der Waals surface area contributed by atoms with Crippen molar-refractivity contribution in [2.75, 3.05) is 13.1 Å². The SMILES string of the molecule is CC(C)C1CCCN(C(=O)Cl)CC1. The molecule has 0 aliphatic carbocycles. The third kappa shape index (κ3) is 3.18. The topological polar surface area (TPSA) is 20.3 Å². The summed E-state index contributed by atoms with van der Waals surface area (Å²) in [7, 11) is 0. The van der Waals surface area contributed by atoms with E-state index in [1.165, 1.54) is 6.42 Å². The Bertz CT molecular complexity index is 182. The second-order valence-electron chi connectivity index (χ2n) is 4.18. The predicted octanol–water partition coefficient (Wildman–Crippen LogP) is 3.10. The Kier molecular flexibility index (Phi) is 4.04. The Labute approximate surface area is 85.2 Å². The van der Waals surface area contributed by atoms with Gasteiger partial charge in [-0.25, -0.2) is 0 Å². The van der Waals surface area contributed by atoms with Crippen LogP contribution in [-0.2, 0) is 0 Å². The molecule has 0 N–H and O–H groups in total. The third-order valence-corrected chi connectivity index (χ3v) is 3.20. The second-order valence-corrected chi connectivity index (χ2v) is 4.50. The summed E-state index contributed by atoms with van der Waals surface area (Å²) in [6, 6.07) is 0. The molecule has 1 rings (SSSR count). The van der Waals surface area contributed by atoms with E-state index in [9.17, 15) is 4.79 Å². The molecule has 1 amide bonds. The van der Waals surface area contributed by atoms with Gasteiger partial charge in [-0.1, -0.05) is 13.8 Å². The van der Waals surface area contributed by atoms with Gasteiger partial charge >= 0.3 is 5.37 Å². The third-order valence-electron chi connectivity index (χ3n) is 2.96. The van der Waals surface area contributed by atoms with Gasteiger partial charge in [0, 0.05) is 13.1 Å². The number of carbonyl (C=O) groups excluding carboxylic acids is 1. The van der Waals surface area contributed by atoms with E-state index >= 15 is 0 Å². The van der Waals surface area contributed by atoms with E-state index in [0.29, 0.717) is 0 Å².